The predicted molar refractivity (Wildman–Crippen MR) is 57.9 cm³/mol. The molecule has 0 atom stereocenters. The number of nitrogens with zero attached hydrogens (tertiary/aromatic N) is 3. The van der Waals surface area contributed by atoms with Gasteiger partial charge in [-0.05, 0) is 19.1 Å². The van der Waals surface area contributed by atoms with E-state index in [1.54, 1.807) is 6.92 Å². The summed E-state index contributed by atoms with van der Waals surface area (Å²) in [4.78, 5) is 8.44. The van der Waals surface area contributed by atoms with Crippen LogP contribution in [0.2, 0.25) is 0 Å². The third-order valence-electron chi connectivity index (χ3n) is 2.09. The summed E-state index contributed by atoms with van der Waals surface area (Å²) >= 11 is 0. The van der Waals surface area contributed by atoms with Crippen molar-refractivity contribution in [2.24, 2.45) is 5.16 Å². The van der Waals surface area contributed by atoms with Crippen LogP contribution in [0.3, 0.4) is 0 Å². The molecule has 3 N–H and O–H groups in total. The van der Waals surface area contributed by atoms with E-state index in [9.17, 15) is 0 Å². The number of rotatable bonds is 1. The average Bonchev–Trinajstić information content (AvgIpc) is 2.27. The minimum Gasteiger partial charge on any atom is -0.411 e. The maximum atomic E-state index is 8.65. The summed E-state index contributed by atoms with van der Waals surface area (Å²) in [6, 6.07) is 7.38. The molecule has 0 aliphatic heterocycles. The van der Waals surface area contributed by atoms with Crippen LogP contribution in [0.4, 0.5) is 5.82 Å². The lowest BCUT2D eigenvalue weighted by Gasteiger charge is -2.03. The topological polar surface area (TPSA) is 84.4 Å². The molecule has 0 radical (unpaired) electrons. The van der Waals surface area contributed by atoms with E-state index in [-0.39, 0.29) is 5.82 Å². The molecule has 5 heteroatoms. The Bertz CT molecular complexity index is 536. The highest BCUT2D eigenvalue weighted by molar-refractivity contribution is 6.01. The van der Waals surface area contributed by atoms with Gasteiger partial charge in [0, 0.05) is 0 Å². The van der Waals surface area contributed by atoms with Crippen LogP contribution in [-0.2, 0) is 0 Å². The normalized spacial score (nSPS) is 11.9. The van der Waals surface area contributed by atoms with Crippen molar-refractivity contribution in [1.82, 2.24) is 9.97 Å². The van der Waals surface area contributed by atoms with Gasteiger partial charge in [0.15, 0.2) is 5.82 Å². The van der Waals surface area contributed by atoms with Crippen molar-refractivity contribution in [2.45, 2.75) is 6.92 Å². The van der Waals surface area contributed by atoms with Gasteiger partial charge in [-0.15, -0.1) is 0 Å². The minimum absolute atomic E-state index is 0.268. The van der Waals surface area contributed by atoms with E-state index in [4.69, 9.17) is 10.9 Å². The van der Waals surface area contributed by atoms with E-state index in [1.165, 1.54) is 0 Å². The zero-order chi connectivity index (χ0) is 10.8. The second-order valence-corrected chi connectivity index (χ2v) is 3.13. The number of nitrogen functional groups attached to an aromatic ring is 1. The fraction of sp³-hybridized carbons (Fsp3) is 0.100. The molecule has 2 aromatic rings. The van der Waals surface area contributed by atoms with Crippen molar-refractivity contribution in [2.75, 3.05) is 5.73 Å². The molecule has 0 bridgehead atoms. The van der Waals surface area contributed by atoms with Gasteiger partial charge in [0.1, 0.15) is 11.4 Å². The molecule has 0 spiro atoms. The van der Waals surface area contributed by atoms with Gasteiger partial charge in [-0.1, -0.05) is 17.3 Å². The van der Waals surface area contributed by atoms with Crippen LogP contribution >= 0.6 is 0 Å². The molecule has 0 fully saturated rings. The molecule has 0 unspecified atom stereocenters. The van der Waals surface area contributed by atoms with Gasteiger partial charge in [0.25, 0.3) is 0 Å². The van der Waals surface area contributed by atoms with Crippen molar-refractivity contribution in [1.29, 1.82) is 0 Å². The van der Waals surface area contributed by atoms with Crippen molar-refractivity contribution in [3.05, 3.63) is 30.0 Å². The molecule has 0 aliphatic rings. The molecule has 0 saturated carbocycles. The number of anilines is 1. The summed E-state index contributed by atoms with van der Waals surface area (Å²) in [5.74, 6) is 0.268. The molecule has 76 valence electrons. The highest BCUT2D eigenvalue weighted by Crippen LogP contribution is 2.14. The molecule has 1 heterocycles. The van der Waals surface area contributed by atoms with E-state index in [0.717, 1.165) is 11.0 Å². The number of hydrogen-bond donors (Lipinski definition) is 2. The van der Waals surface area contributed by atoms with Crippen molar-refractivity contribution in [3.8, 4) is 0 Å². The molecule has 1 aromatic heterocycles. The second kappa shape index (κ2) is 3.53. The van der Waals surface area contributed by atoms with E-state index in [0.29, 0.717) is 11.4 Å². The van der Waals surface area contributed by atoms with Crippen molar-refractivity contribution >= 4 is 22.6 Å². The lowest BCUT2D eigenvalue weighted by atomic mass is 10.2. The van der Waals surface area contributed by atoms with E-state index >= 15 is 0 Å². The predicted octanol–water partition coefficient (Wildman–Crippen LogP) is 1.41. The Morgan fingerprint density at radius 2 is 1.87 bits per heavy atom. The summed E-state index contributed by atoms with van der Waals surface area (Å²) in [5.41, 5.74) is 7.92. The maximum absolute atomic E-state index is 8.65. The van der Waals surface area contributed by atoms with Gasteiger partial charge in [0.05, 0.1) is 11.0 Å². The highest BCUT2D eigenvalue weighted by Gasteiger charge is 2.08. The zero-order valence-corrected chi connectivity index (χ0v) is 8.18. The molecule has 15 heavy (non-hydrogen) atoms. The third-order valence-corrected chi connectivity index (χ3v) is 2.09. The second-order valence-electron chi connectivity index (χ2n) is 3.13. The van der Waals surface area contributed by atoms with E-state index < -0.39 is 0 Å². The number of benzene rings is 1. The molecular formula is C10H10N4O. The summed E-state index contributed by atoms with van der Waals surface area (Å²) in [6.07, 6.45) is 0. The largest absolute Gasteiger partial charge is 0.411 e. The first kappa shape index (κ1) is 9.39. The Morgan fingerprint density at radius 1 is 1.27 bits per heavy atom. The van der Waals surface area contributed by atoms with Crippen molar-refractivity contribution in [3.63, 3.8) is 0 Å². The fourth-order valence-corrected chi connectivity index (χ4v) is 1.33. The number of oxime groups is 1. The van der Waals surface area contributed by atoms with Crippen LogP contribution in [0.15, 0.2) is 29.4 Å². The van der Waals surface area contributed by atoms with Crippen molar-refractivity contribution < 1.29 is 5.21 Å². The summed E-state index contributed by atoms with van der Waals surface area (Å²) in [7, 11) is 0. The molecule has 5 nitrogen and oxygen atoms in total. The number of nitrogens with two attached hydrogens (primary N) is 1. The monoisotopic (exact) mass is 202 g/mol. The molecular weight excluding hydrogens is 192 g/mol. The molecule has 0 aliphatic carbocycles. The van der Waals surface area contributed by atoms with Gasteiger partial charge >= 0.3 is 0 Å². The quantitative estimate of drug-likeness (QED) is 0.416. The molecule has 1 aromatic carbocycles. The van der Waals surface area contributed by atoms with E-state index in [2.05, 4.69) is 15.1 Å². The highest BCUT2D eigenvalue weighted by atomic mass is 16.4. The van der Waals surface area contributed by atoms with E-state index in [1.807, 2.05) is 24.3 Å². The van der Waals surface area contributed by atoms with Gasteiger partial charge in [-0.25, -0.2) is 9.97 Å². The van der Waals surface area contributed by atoms with Crippen LogP contribution in [0.25, 0.3) is 11.0 Å². The minimum atomic E-state index is 0.268. The maximum Gasteiger partial charge on any atom is 0.152 e. The Kier molecular flexibility index (Phi) is 2.21. The average molecular weight is 202 g/mol. The molecule has 2 rings (SSSR count). The lowest BCUT2D eigenvalue weighted by Crippen LogP contribution is -2.06. The van der Waals surface area contributed by atoms with Gasteiger partial charge < -0.3 is 10.9 Å². The summed E-state index contributed by atoms with van der Waals surface area (Å²) in [5, 5.41) is 11.7. The first-order valence-electron chi connectivity index (χ1n) is 4.43. The molecule has 0 saturated heterocycles. The number of para-hydroxylation sites is 2. The van der Waals surface area contributed by atoms with Gasteiger partial charge in [-0.3, -0.25) is 0 Å². The standard InChI is InChI=1S/C10H10N4O/c1-6(14-15)9-10(11)13-8-5-3-2-4-7(8)12-9/h2-5,15H,1H3,(H2,11,13)/b14-6+. The fourth-order valence-electron chi connectivity index (χ4n) is 1.33. The third kappa shape index (κ3) is 1.59. The number of aromatic nitrogens is 2. The SMILES string of the molecule is C/C(=N\O)c1nc2ccccc2nc1N. The van der Waals surface area contributed by atoms with Gasteiger partial charge in [0.2, 0.25) is 0 Å². The summed E-state index contributed by atoms with van der Waals surface area (Å²) < 4.78 is 0. The van der Waals surface area contributed by atoms with Crippen LogP contribution in [0.5, 0.6) is 0 Å². The Labute approximate surface area is 86.3 Å². The first-order chi connectivity index (χ1) is 7.22. The number of fused-ring (bicyclic) bond motifs is 1. The van der Waals surface area contributed by atoms with Crippen LogP contribution in [0.1, 0.15) is 12.6 Å². The Hall–Kier alpha value is -2.17. The smallest absolute Gasteiger partial charge is 0.152 e. The zero-order valence-electron chi connectivity index (χ0n) is 8.18. The van der Waals surface area contributed by atoms with Crippen LogP contribution in [0, 0.1) is 0 Å². The Balaban J connectivity index is 2.72. The molecule has 0 amide bonds. The van der Waals surface area contributed by atoms with Crippen LogP contribution < -0.4 is 5.73 Å². The van der Waals surface area contributed by atoms with Gasteiger partial charge in [-0.2, -0.15) is 0 Å². The summed E-state index contributed by atoms with van der Waals surface area (Å²) in [6.45, 7) is 1.62. The Morgan fingerprint density at radius 3 is 2.47 bits per heavy atom. The lowest BCUT2D eigenvalue weighted by molar-refractivity contribution is 0.319. The number of hydrogen-bond acceptors (Lipinski definition) is 5. The first-order valence-corrected chi connectivity index (χ1v) is 4.43. The van der Waals surface area contributed by atoms with Crippen LogP contribution in [-0.4, -0.2) is 20.9 Å².